The van der Waals surface area contributed by atoms with Crippen LogP contribution in [-0.2, 0) is 10.0 Å². The molecule has 1 aromatic rings. The minimum atomic E-state index is -3.56. The van der Waals surface area contributed by atoms with E-state index in [2.05, 4.69) is 10.8 Å². The first-order valence-corrected chi connectivity index (χ1v) is 7.98. The topological polar surface area (TPSA) is 83.5 Å². The molecule has 0 bridgehead atoms. The minimum Gasteiger partial charge on any atom is -0.478 e. The van der Waals surface area contributed by atoms with Gasteiger partial charge in [0.2, 0.25) is 10.0 Å². The molecule has 0 unspecified atom stereocenters. The van der Waals surface area contributed by atoms with Crippen LogP contribution >= 0.6 is 0 Å². The summed E-state index contributed by atoms with van der Waals surface area (Å²) in [6.45, 7) is 0.370. The van der Waals surface area contributed by atoms with Gasteiger partial charge in [0.1, 0.15) is 0 Å². The summed E-state index contributed by atoms with van der Waals surface area (Å²) in [7, 11) is -3.56. The van der Waals surface area contributed by atoms with Crippen molar-refractivity contribution in [3.05, 3.63) is 41.5 Å². The van der Waals surface area contributed by atoms with E-state index in [4.69, 9.17) is 5.11 Å². The van der Waals surface area contributed by atoms with Gasteiger partial charge in [-0.25, -0.2) is 17.9 Å². The Labute approximate surface area is 118 Å². The molecule has 0 radical (unpaired) electrons. The first-order valence-electron chi connectivity index (χ1n) is 6.50. The summed E-state index contributed by atoms with van der Waals surface area (Å²) in [6.07, 6.45) is 6.18. The summed E-state index contributed by atoms with van der Waals surface area (Å²) in [5.41, 5.74) is 1.37. The van der Waals surface area contributed by atoms with E-state index in [0.717, 1.165) is 25.7 Å². The third-order valence-electron chi connectivity index (χ3n) is 3.28. The van der Waals surface area contributed by atoms with Crippen LogP contribution in [0.4, 0.5) is 0 Å². The van der Waals surface area contributed by atoms with E-state index in [9.17, 15) is 13.2 Å². The van der Waals surface area contributed by atoms with Gasteiger partial charge in [0.05, 0.1) is 10.5 Å². The van der Waals surface area contributed by atoms with Crippen LogP contribution in [0.5, 0.6) is 0 Å². The average Bonchev–Trinajstić information content (AvgIpc) is 2.92. The van der Waals surface area contributed by atoms with Gasteiger partial charge in [-0.05, 0) is 49.9 Å². The second kappa shape index (κ2) is 6.19. The Bertz CT molecular complexity index is 617. The summed E-state index contributed by atoms with van der Waals surface area (Å²) < 4.78 is 26.6. The smallest absolute Gasteiger partial charge is 0.335 e. The molecular weight excluding hydrogens is 278 g/mol. The lowest BCUT2D eigenvalue weighted by Crippen LogP contribution is -2.25. The number of carboxylic acid groups (broad SMARTS) is 1. The van der Waals surface area contributed by atoms with Crippen molar-refractivity contribution in [1.82, 2.24) is 4.72 Å². The molecule has 1 aliphatic carbocycles. The number of benzene rings is 1. The molecule has 0 saturated carbocycles. The Morgan fingerprint density at radius 1 is 1.25 bits per heavy atom. The fourth-order valence-corrected chi connectivity index (χ4v) is 3.20. The monoisotopic (exact) mass is 295 g/mol. The number of rotatable bonds is 6. The number of sulfonamides is 1. The lowest BCUT2D eigenvalue weighted by Gasteiger charge is -2.07. The van der Waals surface area contributed by atoms with E-state index in [0.29, 0.717) is 6.54 Å². The van der Waals surface area contributed by atoms with E-state index in [1.165, 1.54) is 29.8 Å². The Hall–Kier alpha value is -1.66. The number of hydrogen-bond acceptors (Lipinski definition) is 3. The maximum Gasteiger partial charge on any atom is 0.335 e. The predicted molar refractivity (Wildman–Crippen MR) is 75.1 cm³/mol. The fourth-order valence-electron chi connectivity index (χ4n) is 2.17. The first kappa shape index (κ1) is 14.7. The second-order valence-corrected chi connectivity index (χ2v) is 6.50. The summed E-state index contributed by atoms with van der Waals surface area (Å²) in [4.78, 5) is 10.8. The van der Waals surface area contributed by atoms with Crippen molar-refractivity contribution in [3.63, 3.8) is 0 Å². The maximum absolute atomic E-state index is 12.0. The Kier molecular flexibility index (Phi) is 4.57. The van der Waals surface area contributed by atoms with Gasteiger partial charge in [-0.15, -0.1) is 0 Å². The van der Waals surface area contributed by atoms with Gasteiger partial charge >= 0.3 is 5.97 Å². The molecule has 0 spiro atoms. The molecule has 0 atom stereocenters. The second-order valence-electron chi connectivity index (χ2n) is 4.73. The molecule has 1 aromatic carbocycles. The highest BCUT2D eigenvalue weighted by molar-refractivity contribution is 7.89. The van der Waals surface area contributed by atoms with Crippen LogP contribution in [0.2, 0.25) is 0 Å². The highest BCUT2D eigenvalue weighted by Crippen LogP contribution is 2.20. The summed E-state index contributed by atoms with van der Waals surface area (Å²) >= 11 is 0. The Morgan fingerprint density at radius 2 is 1.95 bits per heavy atom. The molecule has 0 fully saturated rings. The van der Waals surface area contributed by atoms with Gasteiger partial charge in [-0.3, -0.25) is 0 Å². The lowest BCUT2D eigenvalue weighted by molar-refractivity contribution is 0.0696. The number of carbonyl (C=O) groups is 1. The molecule has 1 aliphatic rings. The van der Waals surface area contributed by atoms with Crippen LogP contribution < -0.4 is 4.72 Å². The normalized spacial score (nSPS) is 15.1. The van der Waals surface area contributed by atoms with Crippen molar-refractivity contribution >= 4 is 16.0 Å². The average molecular weight is 295 g/mol. The zero-order chi connectivity index (χ0) is 14.6. The van der Waals surface area contributed by atoms with Crippen LogP contribution in [0.1, 0.15) is 36.0 Å². The molecule has 5 nitrogen and oxygen atoms in total. The number of hydrogen-bond donors (Lipinski definition) is 2. The van der Waals surface area contributed by atoms with Crippen LogP contribution in [0, 0.1) is 0 Å². The molecule has 2 rings (SSSR count). The van der Waals surface area contributed by atoms with Gasteiger partial charge in [-0.1, -0.05) is 11.6 Å². The predicted octanol–water partition coefficient (Wildman–Crippen LogP) is 2.16. The zero-order valence-electron chi connectivity index (χ0n) is 11.0. The minimum absolute atomic E-state index is 0.0695. The Balaban J connectivity index is 1.96. The summed E-state index contributed by atoms with van der Waals surface area (Å²) in [6, 6.07) is 5.19. The van der Waals surface area contributed by atoms with Crippen molar-refractivity contribution in [2.45, 2.75) is 30.6 Å². The molecule has 20 heavy (non-hydrogen) atoms. The molecule has 0 aromatic heterocycles. The van der Waals surface area contributed by atoms with E-state index >= 15 is 0 Å². The van der Waals surface area contributed by atoms with Crippen LogP contribution in [-0.4, -0.2) is 26.0 Å². The van der Waals surface area contributed by atoms with E-state index in [1.54, 1.807) is 0 Å². The molecule has 0 saturated heterocycles. The van der Waals surface area contributed by atoms with Crippen molar-refractivity contribution in [3.8, 4) is 0 Å². The highest BCUT2D eigenvalue weighted by Gasteiger charge is 2.14. The fraction of sp³-hybridized carbons (Fsp3) is 0.357. The molecule has 0 heterocycles. The standard InChI is InChI=1S/C14H17NO4S/c16-14(17)12-5-7-13(8-6-12)20(18,19)15-10-9-11-3-1-2-4-11/h3,5-8,15H,1-2,4,9-10H2,(H,16,17). The molecule has 0 amide bonds. The molecule has 0 aliphatic heterocycles. The van der Waals surface area contributed by atoms with Crippen molar-refractivity contribution in [1.29, 1.82) is 0 Å². The quantitative estimate of drug-likeness (QED) is 0.788. The third-order valence-corrected chi connectivity index (χ3v) is 4.76. The number of nitrogens with one attached hydrogen (secondary N) is 1. The van der Waals surface area contributed by atoms with E-state index in [-0.39, 0.29) is 10.5 Å². The first-order chi connectivity index (χ1) is 9.49. The SMILES string of the molecule is O=C(O)c1ccc(S(=O)(=O)NCCC2=CCCC2)cc1. The molecule has 108 valence electrons. The number of aromatic carboxylic acids is 1. The van der Waals surface area contributed by atoms with Gasteiger partial charge < -0.3 is 5.11 Å². The van der Waals surface area contributed by atoms with E-state index in [1.807, 2.05) is 0 Å². The third kappa shape index (κ3) is 3.68. The molecule has 6 heteroatoms. The Morgan fingerprint density at radius 3 is 2.50 bits per heavy atom. The number of carboxylic acids is 1. The summed E-state index contributed by atoms with van der Waals surface area (Å²) in [5.74, 6) is -1.07. The lowest BCUT2D eigenvalue weighted by atomic mass is 10.2. The van der Waals surface area contributed by atoms with Crippen molar-refractivity contribution in [2.24, 2.45) is 0 Å². The molecular formula is C14H17NO4S. The van der Waals surface area contributed by atoms with Crippen molar-refractivity contribution in [2.75, 3.05) is 6.54 Å². The molecule has 2 N–H and O–H groups in total. The van der Waals surface area contributed by atoms with Crippen molar-refractivity contribution < 1.29 is 18.3 Å². The maximum atomic E-state index is 12.0. The zero-order valence-corrected chi connectivity index (χ0v) is 11.8. The van der Waals surface area contributed by atoms with E-state index < -0.39 is 16.0 Å². The van der Waals surface area contributed by atoms with Crippen LogP contribution in [0.25, 0.3) is 0 Å². The van der Waals surface area contributed by atoms with Gasteiger partial charge in [-0.2, -0.15) is 0 Å². The van der Waals surface area contributed by atoms with Gasteiger partial charge in [0.15, 0.2) is 0 Å². The summed E-state index contributed by atoms with van der Waals surface area (Å²) in [5, 5.41) is 8.77. The van der Waals surface area contributed by atoms with Gasteiger partial charge in [0, 0.05) is 6.54 Å². The van der Waals surface area contributed by atoms with Gasteiger partial charge in [0.25, 0.3) is 0 Å². The highest BCUT2D eigenvalue weighted by atomic mass is 32.2. The largest absolute Gasteiger partial charge is 0.478 e. The number of allylic oxidation sites excluding steroid dienone is 1. The van der Waals surface area contributed by atoms with Crippen LogP contribution in [0.3, 0.4) is 0 Å². The van der Waals surface area contributed by atoms with Crippen LogP contribution in [0.15, 0.2) is 40.8 Å².